The van der Waals surface area contributed by atoms with Crippen LogP contribution in [-0.4, -0.2) is 12.4 Å². The fourth-order valence-corrected chi connectivity index (χ4v) is 2.80. The van der Waals surface area contributed by atoms with Gasteiger partial charge in [0.25, 0.3) is 5.69 Å². The van der Waals surface area contributed by atoms with Crippen molar-refractivity contribution in [2.75, 3.05) is 7.11 Å². The van der Waals surface area contributed by atoms with Gasteiger partial charge >= 0.3 is 0 Å². The molecule has 0 saturated carbocycles. The molecule has 0 atom stereocenters. The van der Waals surface area contributed by atoms with Crippen molar-refractivity contribution in [3.63, 3.8) is 0 Å². The first-order valence-electron chi connectivity index (χ1n) is 7.49. The molecule has 5 nitrogen and oxygen atoms in total. The van der Waals surface area contributed by atoms with E-state index in [1.807, 2.05) is 66.7 Å². The topological polar surface area (TPSA) is 62.2 Å². The summed E-state index contributed by atoms with van der Waals surface area (Å²) in [7, 11) is 1.61. The summed E-state index contributed by atoms with van der Waals surface area (Å²) in [6.07, 6.45) is 0. The zero-order valence-electron chi connectivity index (χ0n) is 13.0. The highest BCUT2D eigenvalue weighted by Crippen LogP contribution is 2.31. The lowest BCUT2D eigenvalue weighted by atomic mass is 10.0. The van der Waals surface area contributed by atoms with E-state index in [4.69, 9.17) is 9.26 Å². The first-order chi connectivity index (χ1) is 11.8. The van der Waals surface area contributed by atoms with Gasteiger partial charge in [-0.2, -0.15) is 0 Å². The van der Waals surface area contributed by atoms with Crippen LogP contribution in [0.5, 0.6) is 11.7 Å². The lowest BCUT2D eigenvalue weighted by molar-refractivity contribution is -0.660. The van der Waals surface area contributed by atoms with Crippen molar-refractivity contribution >= 4 is 10.8 Å². The van der Waals surface area contributed by atoms with Crippen LogP contribution in [-0.2, 0) is 0 Å². The summed E-state index contributed by atoms with van der Waals surface area (Å²) in [4.78, 5) is 0. The van der Waals surface area contributed by atoms with Gasteiger partial charge in [0.15, 0.2) is 5.95 Å². The van der Waals surface area contributed by atoms with Crippen LogP contribution in [0.1, 0.15) is 0 Å². The van der Waals surface area contributed by atoms with Crippen molar-refractivity contribution in [3.05, 3.63) is 66.7 Å². The zero-order chi connectivity index (χ0) is 16.5. The van der Waals surface area contributed by atoms with Gasteiger partial charge in [0.2, 0.25) is 5.69 Å². The van der Waals surface area contributed by atoms with Crippen LogP contribution < -0.4 is 14.5 Å². The molecule has 0 fully saturated rings. The van der Waals surface area contributed by atoms with E-state index in [2.05, 4.69) is 5.27 Å². The second-order valence-corrected chi connectivity index (χ2v) is 5.35. The molecule has 3 aromatic carbocycles. The third kappa shape index (κ3) is 2.27. The lowest BCUT2D eigenvalue weighted by Crippen LogP contribution is -2.34. The second-order valence-electron chi connectivity index (χ2n) is 5.35. The maximum absolute atomic E-state index is 12.3. The number of methoxy groups -OCH3 is 1. The molecule has 0 amide bonds. The van der Waals surface area contributed by atoms with Crippen molar-refractivity contribution in [3.8, 4) is 28.6 Å². The number of aromatic nitrogens is 2. The van der Waals surface area contributed by atoms with E-state index >= 15 is 0 Å². The number of hydrogen-bond donors (Lipinski definition) is 0. The van der Waals surface area contributed by atoms with Crippen LogP contribution in [0.2, 0.25) is 0 Å². The highest BCUT2D eigenvalue weighted by Gasteiger charge is 2.23. The van der Waals surface area contributed by atoms with E-state index in [1.54, 1.807) is 7.11 Å². The molecule has 5 heteroatoms. The fourth-order valence-electron chi connectivity index (χ4n) is 2.80. The molecule has 4 aromatic rings. The molecule has 0 N–H and O–H groups in total. The average Bonchev–Trinajstić information content (AvgIpc) is 3.02. The molecule has 1 aromatic heterocycles. The fraction of sp³-hybridized carbons (Fsp3) is 0.0526. The highest BCUT2D eigenvalue weighted by atomic mass is 16.6. The number of hydrogen-bond acceptors (Lipinski definition) is 4. The Balaban J connectivity index is 1.94. The van der Waals surface area contributed by atoms with Crippen LogP contribution in [0, 0.1) is 0 Å². The first-order valence-corrected chi connectivity index (χ1v) is 7.49. The Kier molecular flexibility index (Phi) is 3.39. The van der Waals surface area contributed by atoms with Gasteiger partial charge in [-0.1, -0.05) is 36.4 Å². The number of ether oxygens (including phenoxy) is 1. The summed E-state index contributed by atoms with van der Waals surface area (Å²) in [5.74, 6) is 0.263. The summed E-state index contributed by atoms with van der Waals surface area (Å²) in [6.45, 7) is 0. The zero-order valence-corrected chi connectivity index (χ0v) is 13.0. The Hall–Kier alpha value is -3.34. The molecule has 0 aliphatic carbocycles. The smallest absolute Gasteiger partial charge is 0.271 e. The molecular weight excluding hydrogens is 304 g/mol. The molecular formula is C19H14N2O3. The van der Waals surface area contributed by atoms with Crippen molar-refractivity contribution in [2.24, 2.45) is 0 Å². The quantitative estimate of drug-likeness (QED) is 0.545. The Morgan fingerprint density at radius 3 is 2.50 bits per heavy atom. The highest BCUT2D eigenvalue weighted by molar-refractivity contribution is 5.95. The number of fused-ring (bicyclic) bond motifs is 1. The molecule has 24 heavy (non-hydrogen) atoms. The van der Waals surface area contributed by atoms with E-state index < -0.39 is 5.95 Å². The SMILES string of the molecule is COc1ccc(-[n+]2noc([O-])c2-c2cccc3ccccc23)cc1. The van der Waals surface area contributed by atoms with Crippen molar-refractivity contribution in [1.82, 2.24) is 5.27 Å². The summed E-state index contributed by atoms with van der Waals surface area (Å²) in [6, 6.07) is 21.0. The van der Waals surface area contributed by atoms with Crippen molar-refractivity contribution in [2.45, 2.75) is 0 Å². The van der Waals surface area contributed by atoms with Crippen LogP contribution in [0.15, 0.2) is 71.3 Å². The minimum absolute atomic E-state index is 0.400. The van der Waals surface area contributed by atoms with E-state index in [9.17, 15) is 5.11 Å². The Morgan fingerprint density at radius 1 is 0.958 bits per heavy atom. The molecule has 0 saturated heterocycles. The maximum atomic E-state index is 12.3. The molecule has 0 bridgehead atoms. The Morgan fingerprint density at radius 2 is 1.71 bits per heavy atom. The predicted octanol–water partition coefficient (Wildman–Crippen LogP) is 2.85. The van der Waals surface area contributed by atoms with Gasteiger partial charge in [-0.15, -0.1) is 0 Å². The van der Waals surface area contributed by atoms with E-state index in [1.165, 1.54) is 4.68 Å². The summed E-state index contributed by atoms with van der Waals surface area (Å²) in [5.41, 5.74) is 1.91. The molecule has 118 valence electrons. The monoisotopic (exact) mass is 318 g/mol. The van der Waals surface area contributed by atoms with Crippen molar-refractivity contribution in [1.29, 1.82) is 0 Å². The molecule has 0 aliphatic rings. The Bertz CT molecular complexity index is 1000. The maximum Gasteiger partial charge on any atom is 0.271 e. The van der Waals surface area contributed by atoms with Gasteiger partial charge in [-0.3, -0.25) is 0 Å². The van der Waals surface area contributed by atoms with Crippen LogP contribution >= 0.6 is 0 Å². The molecule has 0 radical (unpaired) electrons. The minimum Gasteiger partial charge on any atom is -0.539 e. The normalized spacial score (nSPS) is 10.9. The van der Waals surface area contributed by atoms with Gasteiger partial charge in [-0.25, -0.2) is 0 Å². The van der Waals surface area contributed by atoms with Gasteiger partial charge in [0, 0.05) is 12.1 Å². The van der Waals surface area contributed by atoms with Crippen LogP contribution in [0.25, 0.3) is 27.7 Å². The van der Waals surface area contributed by atoms with Crippen molar-refractivity contribution < 1.29 is 19.0 Å². The third-order valence-corrected chi connectivity index (χ3v) is 3.97. The molecule has 0 aliphatic heterocycles. The summed E-state index contributed by atoms with van der Waals surface area (Å²) in [5, 5.41) is 18.2. The number of nitrogens with zero attached hydrogens (tertiary/aromatic N) is 2. The first kappa shape index (κ1) is 14.3. The summed E-state index contributed by atoms with van der Waals surface area (Å²) < 4.78 is 11.6. The van der Waals surface area contributed by atoms with E-state index in [0.29, 0.717) is 5.69 Å². The van der Waals surface area contributed by atoms with Gasteiger partial charge < -0.3 is 14.4 Å². The van der Waals surface area contributed by atoms with E-state index in [0.717, 1.165) is 27.8 Å². The third-order valence-electron chi connectivity index (χ3n) is 3.97. The predicted molar refractivity (Wildman–Crippen MR) is 87.0 cm³/mol. The van der Waals surface area contributed by atoms with Gasteiger partial charge in [-0.05, 0) is 33.7 Å². The Labute approximate surface area is 138 Å². The molecule has 0 spiro atoms. The number of benzene rings is 3. The lowest BCUT2D eigenvalue weighted by Gasteiger charge is -2.04. The van der Waals surface area contributed by atoms with Gasteiger partial charge in [0.1, 0.15) is 5.75 Å². The van der Waals surface area contributed by atoms with Crippen LogP contribution in [0.4, 0.5) is 0 Å². The molecule has 1 heterocycles. The summed E-state index contributed by atoms with van der Waals surface area (Å²) >= 11 is 0. The largest absolute Gasteiger partial charge is 0.539 e. The van der Waals surface area contributed by atoms with E-state index in [-0.39, 0.29) is 0 Å². The minimum atomic E-state index is -0.470. The van der Waals surface area contributed by atoms with Crippen LogP contribution in [0.3, 0.4) is 0 Å². The molecule has 0 unspecified atom stereocenters. The van der Waals surface area contributed by atoms with Gasteiger partial charge in [0.05, 0.1) is 17.9 Å². The molecule has 4 rings (SSSR count). The number of rotatable bonds is 3. The second kappa shape index (κ2) is 5.70. The standard InChI is InChI=1S/C19H14N2O3/c1-23-15-11-9-14(10-12-15)21-18(19(22)24-20-21)17-8-4-6-13-5-2-3-7-16(13)17/h2-12H,1H3. The average molecular weight is 318 g/mol.